The van der Waals surface area contributed by atoms with Gasteiger partial charge in [-0.2, -0.15) is 5.26 Å². The molecule has 0 radical (unpaired) electrons. The van der Waals surface area contributed by atoms with Crippen LogP contribution in [0.25, 0.3) is 0 Å². The van der Waals surface area contributed by atoms with E-state index in [0.29, 0.717) is 23.1 Å². The van der Waals surface area contributed by atoms with Crippen molar-refractivity contribution in [2.24, 2.45) is 5.92 Å². The van der Waals surface area contributed by atoms with E-state index in [4.69, 9.17) is 5.73 Å². The first-order chi connectivity index (χ1) is 11.2. The predicted octanol–water partition coefficient (Wildman–Crippen LogP) is 1.93. The summed E-state index contributed by atoms with van der Waals surface area (Å²) < 4.78 is 1.92. The summed E-state index contributed by atoms with van der Waals surface area (Å²) in [5, 5.41) is 9.39. The summed E-state index contributed by atoms with van der Waals surface area (Å²) in [6.45, 7) is 2.47. The molecule has 0 saturated carbocycles. The number of hydrogen-bond donors (Lipinski definition) is 1. The number of nitrogens with two attached hydrogens (primary N) is 1. The number of nitriles is 1. The summed E-state index contributed by atoms with van der Waals surface area (Å²) in [5.41, 5.74) is 9.19. The van der Waals surface area contributed by atoms with E-state index in [-0.39, 0.29) is 5.56 Å². The molecule has 4 rings (SSSR count). The third-order valence-corrected chi connectivity index (χ3v) is 4.96. The van der Waals surface area contributed by atoms with Gasteiger partial charge in [-0.05, 0) is 36.6 Å². The molecule has 0 aliphatic carbocycles. The van der Waals surface area contributed by atoms with Gasteiger partial charge in [0.1, 0.15) is 6.07 Å². The lowest BCUT2D eigenvalue weighted by Crippen LogP contribution is -2.47. The number of nitrogen functional groups attached to an aromatic ring is 1. The van der Waals surface area contributed by atoms with Crippen LogP contribution < -0.4 is 16.2 Å². The van der Waals surface area contributed by atoms with Crippen molar-refractivity contribution in [1.29, 1.82) is 5.26 Å². The number of rotatable bonds is 1. The summed E-state index contributed by atoms with van der Waals surface area (Å²) in [7, 11) is 0. The van der Waals surface area contributed by atoms with E-state index >= 15 is 0 Å². The molecule has 2 aliphatic heterocycles. The van der Waals surface area contributed by atoms with Crippen LogP contribution in [0.2, 0.25) is 0 Å². The smallest absolute Gasteiger partial charge is 0.250 e. The van der Waals surface area contributed by atoms with E-state index < -0.39 is 0 Å². The third kappa shape index (κ3) is 2.27. The van der Waals surface area contributed by atoms with Crippen LogP contribution in [0.4, 0.5) is 11.4 Å². The first kappa shape index (κ1) is 13.9. The molecule has 0 spiro atoms. The Morgan fingerprint density at radius 3 is 2.87 bits per heavy atom. The fourth-order valence-electron chi connectivity index (χ4n) is 4.01. The molecule has 116 valence electrons. The van der Waals surface area contributed by atoms with E-state index in [9.17, 15) is 10.1 Å². The molecular weight excluding hydrogens is 288 g/mol. The molecule has 2 N–H and O–H groups in total. The Labute approximate surface area is 134 Å². The number of nitrogens with zero attached hydrogens (tertiary/aromatic N) is 3. The second-order valence-corrected chi connectivity index (χ2v) is 6.49. The lowest BCUT2D eigenvalue weighted by molar-refractivity contribution is 0.281. The molecule has 1 saturated heterocycles. The average Bonchev–Trinajstić information content (AvgIpc) is 2.55. The maximum Gasteiger partial charge on any atom is 0.250 e. The Morgan fingerprint density at radius 2 is 2.04 bits per heavy atom. The molecule has 3 heterocycles. The molecule has 23 heavy (non-hydrogen) atoms. The minimum atomic E-state index is 0.0934. The molecule has 5 heteroatoms. The molecule has 1 aromatic heterocycles. The van der Waals surface area contributed by atoms with Crippen molar-refractivity contribution in [3.63, 3.8) is 0 Å². The first-order valence-corrected chi connectivity index (χ1v) is 7.90. The van der Waals surface area contributed by atoms with Crippen LogP contribution in [0.3, 0.4) is 0 Å². The number of fused-ring (bicyclic) bond motifs is 4. The van der Waals surface area contributed by atoms with Crippen LogP contribution in [0.1, 0.15) is 23.6 Å². The molecule has 1 aromatic carbocycles. The lowest BCUT2D eigenvalue weighted by atomic mass is 9.82. The Bertz CT molecular complexity index is 864. The molecular formula is C18H18N4O. The van der Waals surface area contributed by atoms with E-state index in [1.807, 2.05) is 22.8 Å². The average molecular weight is 306 g/mol. The molecule has 2 atom stereocenters. The number of aromatic nitrogens is 1. The SMILES string of the molecule is N#Cc1cc(N)ccc1N1CC2CC(C1)c1cccc(=O)n1C2. The van der Waals surface area contributed by atoms with Crippen molar-refractivity contribution < 1.29 is 0 Å². The molecule has 2 bridgehead atoms. The van der Waals surface area contributed by atoms with Gasteiger partial charge in [0.25, 0.3) is 5.56 Å². The summed E-state index contributed by atoms with van der Waals surface area (Å²) >= 11 is 0. The zero-order chi connectivity index (χ0) is 16.0. The van der Waals surface area contributed by atoms with Crippen LogP contribution in [-0.4, -0.2) is 17.7 Å². The van der Waals surface area contributed by atoms with Crippen LogP contribution >= 0.6 is 0 Å². The van der Waals surface area contributed by atoms with Gasteiger partial charge in [0.2, 0.25) is 0 Å². The number of piperidine rings is 1. The zero-order valence-corrected chi connectivity index (χ0v) is 12.8. The second-order valence-electron chi connectivity index (χ2n) is 6.49. The predicted molar refractivity (Wildman–Crippen MR) is 89.3 cm³/mol. The van der Waals surface area contributed by atoms with Crippen molar-refractivity contribution in [3.8, 4) is 6.07 Å². The minimum Gasteiger partial charge on any atom is -0.399 e. The molecule has 1 fully saturated rings. The van der Waals surface area contributed by atoms with Crippen molar-refractivity contribution >= 4 is 11.4 Å². The highest BCUT2D eigenvalue weighted by molar-refractivity contribution is 5.64. The maximum atomic E-state index is 12.1. The summed E-state index contributed by atoms with van der Waals surface area (Å²) in [4.78, 5) is 14.4. The van der Waals surface area contributed by atoms with Crippen LogP contribution in [-0.2, 0) is 6.54 Å². The van der Waals surface area contributed by atoms with Gasteiger partial charge in [0.05, 0.1) is 11.3 Å². The van der Waals surface area contributed by atoms with Crippen LogP contribution in [0.5, 0.6) is 0 Å². The highest BCUT2D eigenvalue weighted by Crippen LogP contribution is 2.37. The van der Waals surface area contributed by atoms with Gasteiger partial charge in [-0.25, -0.2) is 0 Å². The van der Waals surface area contributed by atoms with E-state index in [2.05, 4.69) is 17.0 Å². The quantitative estimate of drug-likeness (QED) is 0.817. The highest BCUT2D eigenvalue weighted by Gasteiger charge is 2.35. The minimum absolute atomic E-state index is 0.0934. The van der Waals surface area contributed by atoms with Crippen LogP contribution in [0.15, 0.2) is 41.2 Å². The fraction of sp³-hybridized carbons (Fsp3) is 0.333. The highest BCUT2D eigenvalue weighted by atomic mass is 16.1. The standard InChI is InChI=1S/C18H18N4O/c19-8-13-7-15(20)4-5-16(13)21-9-12-6-14(11-21)17-2-1-3-18(23)22(17)10-12/h1-5,7,12,14H,6,9-11,20H2. The third-order valence-electron chi connectivity index (χ3n) is 4.96. The Morgan fingerprint density at radius 1 is 1.17 bits per heavy atom. The van der Waals surface area contributed by atoms with Crippen LogP contribution in [0, 0.1) is 17.2 Å². The first-order valence-electron chi connectivity index (χ1n) is 7.90. The largest absolute Gasteiger partial charge is 0.399 e. The molecule has 5 nitrogen and oxygen atoms in total. The summed E-state index contributed by atoms with van der Waals surface area (Å²) in [6.07, 6.45) is 1.11. The zero-order valence-electron chi connectivity index (χ0n) is 12.8. The Hall–Kier alpha value is -2.74. The number of pyridine rings is 1. The van der Waals surface area contributed by atoms with Crippen molar-refractivity contribution in [1.82, 2.24) is 4.57 Å². The molecule has 2 aromatic rings. The van der Waals surface area contributed by atoms with Gasteiger partial charge in [0.15, 0.2) is 0 Å². The van der Waals surface area contributed by atoms with E-state index in [0.717, 1.165) is 37.4 Å². The van der Waals surface area contributed by atoms with E-state index in [1.165, 1.54) is 0 Å². The molecule has 2 aliphatic rings. The second kappa shape index (κ2) is 5.17. The number of benzene rings is 1. The molecule has 2 unspecified atom stereocenters. The Balaban J connectivity index is 1.72. The monoisotopic (exact) mass is 306 g/mol. The van der Waals surface area contributed by atoms with Gasteiger partial charge in [0, 0.05) is 43.0 Å². The lowest BCUT2D eigenvalue weighted by Gasteiger charge is -2.44. The maximum absolute atomic E-state index is 12.1. The van der Waals surface area contributed by atoms with Gasteiger partial charge >= 0.3 is 0 Å². The Kier molecular flexibility index (Phi) is 3.12. The van der Waals surface area contributed by atoms with Crippen molar-refractivity contribution in [2.45, 2.75) is 18.9 Å². The van der Waals surface area contributed by atoms with E-state index in [1.54, 1.807) is 12.1 Å². The topological polar surface area (TPSA) is 75.1 Å². The normalized spacial score (nSPS) is 22.3. The van der Waals surface area contributed by atoms with Gasteiger partial charge in [-0.1, -0.05) is 6.07 Å². The summed E-state index contributed by atoms with van der Waals surface area (Å²) in [5.74, 6) is 0.769. The van der Waals surface area contributed by atoms with Crippen molar-refractivity contribution in [3.05, 3.63) is 58.0 Å². The van der Waals surface area contributed by atoms with Gasteiger partial charge in [-0.3, -0.25) is 4.79 Å². The van der Waals surface area contributed by atoms with Gasteiger partial charge < -0.3 is 15.2 Å². The number of hydrogen-bond acceptors (Lipinski definition) is 4. The fourth-order valence-corrected chi connectivity index (χ4v) is 4.01. The van der Waals surface area contributed by atoms with Crippen molar-refractivity contribution in [2.75, 3.05) is 23.7 Å². The summed E-state index contributed by atoms with van der Waals surface area (Å²) in [6, 6.07) is 13.3. The number of anilines is 2. The van der Waals surface area contributed by atoms with Gasteiger partial charge in [-0.15, -0.1) is 0 Å². The molecule has 0 amide bonds.